The third-order valence-electron chi connectivity index (χ3n) is 6.53. The van der Waals surface area contributed by atoms with Crippen molar-refractivity contribution in [2.45, 2.75) is 31.5 Å². The van der Waals surface area contributed by atoms with Gasteiger partial charge in [-0.3, -0.25) is 19.3 Å². The fraction of sp³-hybridized carbons (Fsp3) is 0.348. The predicted octanol–water partition coefficient (Wildman–Crippen LogP) is 2.13. The van der Waals surface area contributed by atoms with Gasteiger partial charge in [0.25, 0.3) is 5.56 Å². The first-order chi connectivity index (χ1) is 14.9. The molecule has 3 atom stereocenters. The molecule has 5 rings (SSSR count). The van der Waals surface area contributed by atoms with Gasteiger partial charge in [0, 0.05) is 60.0 Å². The maximum Gasteiger partial charge on any atom is 0.325 e. The largest absolute Gasteiger partial charge is 0.480 e. The molecule has 2 aliphatic heterocycles. The maximum atomic E-state index is 12.5. The van der Waals surface area contributed by atoms with Crippen LogP contribution in [0.15, 0.2) is 53.5 Å². The number of rotatable bonds is 5. The summed E-state index contributed by atoms with van der Waals surface area (Å²) in [5, 5.41) is 20.2. The summed E-state index contributed by atoms with van der Waals surface area (Å²) in [7, 11) is 0. The molecule has 31 heavy (non-hydrogen) atoms. The number of nitrogens with zero attached hydrogens (tertiary/aromatic N) is 3. The summed E-state index contributed by atoms with van der Waals surface area (Å²) in [5.74, 6) is -1.64. The van der Waals surface area contributed by atoms with E-state index in [1.54, 1.807) is 22.9 Å². The van der Waals surface area contributed by atoms with E-state index in [1.165, 1.54) is 0 Å². The highest BCUT2D eigenvalue weighted by atomic mass is 16.4. The number of aromatic nitrogens is 2. The molecular formula is C23H23N3O5. The van der Waals surface area contributed by atoms with E-state index < -0.39 is 18.0 Å². The van der Waals surface area contributed by atoms with Gasteiger partial charge in [-0.05, 0) is 24.5 Å². The summed E-state index contributed by atoms with van der Waals surface area (Å²) in [6.07, 6.45) is 2.60. The minimum Gasteiger partial charge on any atom is -0.480 e. The maximum absolute atomic E-state index is 12.5. The molecule has 1 aromatic carbocycles. The van der Waals surface area contributed by atoms with E-state index in [2.05, 4.69) is 0 Å². The first-order valence-corrected chi connectivity index (χ1v) is 10.4. The molecule has 8 nitrogen and oxygen atoms in total. The van der Waals surface area contributed by atoms with Crippen LogP contribution in [0, 0.1) is 5.92 Å². The average molecular weight is 421 g/mol. The molecule has 0 spiro atoms. The molecule has 3 aromatic rings. The van der Waals surface area contributed by atoms with E-state index in [0.717, 1.165) is 17.5 Å². The van der Waals surface area contributed by atoms with Gasteiger partial charge in [-0.1, -0.05) is 24.3 Å². The zero-order valence-electron chi connectivity index (χ0n) is 16.8. The van der Waals surface area contributed by atoms with Gasteiger partial charge in [-0.25, -0.2) is 0 Å². The Kier molecular flexibility index (Phi) is 4.66. The fourth-order valence-electron chi connectivity index (χ4n) is 5.40. The van der Waals surface area contributed by atoms with Crippen LogP contribution in [0.2, 0.25) is 0 Å². The van der Waals surface area contributed by atoms with E-state index in [1.807, 2.05) is 39.8 Å². The molecule has 160 valence electrons. The Morgan fingerprint density at radius 3 is 2.61 bits per heavy atom. The minimum atomic E-state index is -0.978. The summed E-state index contributed by atoms with van der Waals surface area (Å²) in [5.41, 5.74) is 2.27. The summed E-state index contributed by atoms with van der Waals surface area (Å²) in [6, 6.07) is 11.7. The zero-order chi connectivity index (χ0) is 21.7. The molecular weight excluding hydrogens is 398 g/mol. The lowest BCUT2D eigenvalue weighted by Gasteiger charge is -2.44. The van der Waals surface area contributed by atoms with Crippen molar-refractivity contribution in [2.75, 3.05) is 13.1 Å². The van der Waals surface area contributed by atoms with Crippen molar-refractivity contribution in [1.82, 2.24) is 14.0 Å². The molecule has 0 amide bonds. The van der Waals surface area contributed by atoms with Crippen LogP contribution >= 0.6 is 0 Å². The van der Waals surface area contributed by atoms with Crippen LogP contribution in [0.25, 0.3) is 10.9 Å². The van der Waals surface area contributed by atoms with Crippen LogP contribution in [-0.2, 0) is 22.7 Å². The van der Waals surface area contributed by atoms with Crippen LogP contribution in [-0.4, -0.2) is 49.3 Å². The van der Waals surface area contributed by atoms with Crippen molar-refractivity contribution in [3.8, 4) is 0 Å². The standard InChI is InChI=1S/C23H23N3O5/c27-20-7-3-6-18-15-8-14(10-26(18)20)9-25(11-15)22(23(30)31)17-12-24(13-21(28)29)19-5-2-1-4-16(17)19/h1-7,12,14-15,22H,8-11,13H2,(H,28,29)(H,30,31)/t14-,15-,22-/m0/s1. The molecule has 2 N–H and O–H groups in total. The van der Waals surface area contributed by atoms with Crippen molar-refractivity contribution >= 4 is 22.8 Å². The Hall–Kier alpha value is -3.39. The molecule has 2 bridgehead atoms. The van der Waals surface area contributed by atoms with E-state index in [4.69, 9.17) is 0 Å². The minimum absolute atomic E-state index is 0.00724. The van der Waals surface area contributed by atoms with Gasteiger partial charge in [-0.15, -0.1) is 0 Å². The van der Waals surface area contributed by atoms with E-state index in [9.17, 15) is 24.6 Å². The average Bonchev–Trinajstić information content (AvgIpc) is 3.06. The highest BCUT2D eigenvalue weighted by Gasteiger charge is 2.40. The van der Waals surface area contributed by atoms with Crippen LogP contribution < -0.4 is 5.56 Å². The lowest BCUT2D eigenvalue weighted by molar-refractivity contribution is -0.144. The summed E-state index contributed by atoms with van der Waals surface area (Å²) >= 11 is 0. The second kappa shape index (κ2) is 7.39. The molecule has 1 fully saturated rings. The summed E-state index contributed by atoms with van der Waals surface area (Å²) in [4.78, 5) is 38.1. The van der Waals surface area contributed by atoms with E-state index in [0.29, 0.717) is 30.7 Å². The highest BCUT2D eigenvalue weighted by molar-refractivity contribution is 5.90. The number of likely N-dealkylation sites (tertiary alicyclic amines) is 1. The van der Waals surface area contributed by atoms with Gasteiger partial charge in [0.2, 0.25) is 0 Å². The van der Waals surface area contributed by atoms with Crippen LogP contribution in [0.1, 0.15) is 29.6 Å². The van der Waals surface area contributed by atoms with Crippen molar-refractivity contribution < 1.29 is 19.8 Å². The number of hydrogen-bond donors (Lipinski definition) is 2. The number of fused-ring (bicyclic) bond motifs is 5. The zero-order valence-corrected chi connectivity index (χ0v) is 16.8. The van der Waals surface area contributed by atoms with Gasteiger partial charge in [-0.2, -0.15) is 0 Å². The lowest BCUT2D eigenvalue weighted by Crippen LogP contribution is -2.49. The van der Waals surface area contributed by atoms with Crippen molar-refractivity contribution in [2.24, 2.45) is 5.92 Å². The normalized spacial score (nSPS) is 21.5. The Labute approximate surface area is 177 Å². The number of pyridine rings is 1. The van der Waals surface area contributed by atoms with Crippen LogP contribution in [0.3, 0.4) is 0 Å². The molecule has 1 saturated heterocycles. The number of hydrogen-bond acceptors (Lipinski definition) is 4. The van der Waals surface area contributed by atoms with Crippen molar-refractivity contribution in [1.29, 1.82) is 0 Å². The Morgan fingerprint density at radius 1 is 1.03 bits per heavy atom. The number of carboxylic acids is 2. The van der Waals surface area contributed by atoms with E-state index in [-0.39, 0.29) is 23.9 Å². The highest BCUT2D eigenvalue weighted by Crippen LogP contribution is 2.40. The molecule has 0 unspecified atom stereocenters. The molecule has 0 saturated carbocycles. The van der Waals surface area contributed by atoms with E-state index >= 15 is 0 Å². The number of carbonyl (C=O) groups is 2. The molecule has 2 aromatic heterocycles. The Morgan fingerprint density at radius 2 is 1.84 bits per heavy atom. The number of aliphatic carboxylic acids is 2. The van der Waals surface area contributed by atoms with Gasteiger partial charge in [0.05, 0.1) is 0 Å². The topological polar surface area (TPSA) is 105 Å². The molecule has 2 aliphatic rings. The van der Waals surface area contributed by atoms with Crippen LogP contribution in [0.5, 0.6) is 0 Å². The molecule has 8 heteroatoms. The number of carboxylic acid groups (broad SMARTS) is 2. The fourth-order valence-corrected chi connectivity index (χ4v) is 5.40. The SMILES string of the molecule is O=C(O)Cn1cc([C@@H](C(=O)O)N2C[C@@H]3C[C@@H](C2)c2cccc(=O)n2C3)c2ccccc21. The second-order valence-electron chi connectivity index (χ2n) is 8.52. The van der Waals surface area contributed by atoms with Crippen LogP contribution in [0.4, 0.5) is 0 Å². The predicted molar refractivity (Wildman–Crippen MR) is 113 cm³/mol. The molecule has 0 radical (unpaired) electrons. The monoisotopic (exact) mass is 421 g/mol. The third-order valence-corrected chi connectivity index (χ3v) is 6.53. The quantitative estimate of drug-likeness (QED) is 0.654. The van der Waals surface area contributed by atoms with Crippen molar-refractivity contribution in [3.05, 3.63) is 70.3 Å². The van der Waals surface area contributed by atoms with Gasteiger partial charge < -0.3 is 19.3 Å². The smallest absolute Gasteiger partial charge is 0.325 e. The Balaban J connectivity index is 1.56. The van der Waals surface area contributed by atoms with Gasteiger partial charge in [0.15, 0.2) is 0 Å². The number of benzene rings is 1. The number of piperidine rings is 1. The van der Waals surface area contributed by atoms with Crippen molar-refractivity contribution in [3.63, 3.8) is 0 Å². The Bertz CT molecular complexity index is 1240. The van der Waals surface area contributed by atoms with Gasteiger partial charge >= 0.3 is 11.9 Å². The second-order valence-corrected chi connectivity index (χ2v) is 8.52. The number of para-hydroxylation sites is 1. The lowest BCUT2D eigenvalue weighted by atomic mass is 9.82. The van der Waals surface area contributed by atoms with Gasteiger partial charge in [0.1, 0.15) is 12.6 Å². The first-order valence-electron chi connectivity index (χ1n) is 10.4. The third kappa shape index (κ3) is 3.33. The summed E-state index contributed by atoms with van der Waals surface area (Å²) in [6.45, 7) is 1.48. The summed E-state index contributed by atoms with van der Waals surface area (Å²) < 4.78 is 3.42. The first kappa shape index (κ1) is 19.6. The molecule has 4 heterocycles. The molecule has 0 aliphatic carbocycles.